The highest BCUT2D eigenvalue weighted by atomic mass is 35.5. The van der Waals surface area contributed by atoms with Gasteiger partial charge in [-0.3, -0.25) is 14.4 Å². The number of methoxy groups -OCH3 is 1. The van der Waals surface area contributed by atoms with Crippen molar-refractivity contribution in [2.75, 3.05) is 25.5 Å². The second-order valence-electron chi connectivity index (χ2n) is 9.58. The van der Waals surface area contributed by atoms with Crippen LogP contribution in [-0.4, -0.2) is 64.9 Å². The zero-order valence-electron chi connectivity index (χ0n) is 20.8. The summed E-state index contributed by atoms with van der Waals surface area (Å²) >= 11 is 6.30. The molecule has 2 heterocycles. The molecular weight excluding hydrogens is 534 g/mol. The summed E-state index contributed by atoms with van der Waals surface area (Å²) in [6, 6.07) is 6.87. The number of aromatic nitrogens is 2. The minimum absolute atomic E-state index is 0.0471. The van der Waals surface area contributed by atoms with Gasteiger partial charge in [-0.25, -0.2) is 9.37 Å². The molecule has 2 aromatic carbocycles. The van der Waals surface area contributed by atoms with E-state index in [0.29, 0.717) is 31.6 Å². The summed E-state index contributed by atoms with van der Waals surface area (Å²) in [5.41, 5.74) is 6.21. The summed E-state index contributed by atoms with van der Waals surface area (Å²) in [6.45, 7) is 1.15. The van der Waals surface area contributed by atoms with Gasteiger partial charge in [0.05, 0.1) is 29.6 Å². The maximum atomic E-state index is 14.4. The van der Waals surface area contributed by atoms with Gasteiger partial charge in [0.1, 0.15) is 0 Å². The number of nitrogens with one attached hydrogen (secondary N) is 3. The average molecular weight is 559 g/mol. The Bertz CT molecular complexity index is 1450. The molecule has 1 saturated carbocycles. The number of H-pyrrole nitrogens is 1. The molecule has 1 aliphatic carbocycles. The quantitative estimate of drug-likeness (QED) is 0.351. The van der Waals surface area contributed by atoms with E-state index in [2.05, 4.69) is 20.6 Å². The van der Waals surface area contributed by atoms with Crippen LogP contribution in [0.3, 0.4) is 0 Å². The summed E-state index contributed by atoms with van der Waals surface area (Å²) in [6.07, 6.45) is 2.32. The lowest BCUT2D eigenvalue weighted by Crippen LogP contribution is -2.61. The molecule has 1 aromatic heterocycles. The van der Waals surface area contributed by atoms with E-state index in [1.807, 2.05) is 0 Å². The normalized spacial score (nSPS) is 18.6. The topological polar surface area (TPSA) is 142 Å². The van der Waals surface area contributed by atoms with Crippen LogP contribution in [0.15, 0.2) is 36.5 Å². The van der Waals surface area contributed by atoms with E-state index in [0.717, 1.165) is 0 Å². The Morgan fingerprint density at radius 2 is 1.87 bits per heavy atom. The molecule has 5 rings (SSSR count). The highest BCUT2D eigenvalue weighted by Crippen LogP contribution is 2.32. The molecule has 0 unspecified atom stereocenters. The van der Waals surface area contributed by atoms with Crippen molar-refractivity contribution in [3.63, 3.8) is 0 Å². The molecule has 0 bridgehead atoms. The molecule has 0 atom stereocenters. The third-order valence-electron chi connectivity index (χ3n) is 6.86. The van der Waals surface area contributed by atoms with Gasteiger partial charge >= 0.3 is 0 Å². The Hall–Kier alpha value is -4.03. The number of likely N-dealkylation sites (tertiary alicyclic amines) is 1. The van der Waals surface area contributed by atoms with Crippen molar-refractivity contribution < 1.29 is 27.9 Å². The molecule has 39 heavy (non-hydrogen) atoms. The molecule has 2 fully saturated rings. The van der Waals surface area contributed by atoms with Gasteiger partial charge in [-0.2, -0.15) is 4.39 Å². The Morgan fingerprint density at radius 3 is 2.54 bits per heavy atom. The molecule has 5 N–H and O–H groups in total. The number of halogens is 3. The van der Waals surface area contributed by atoms with Gasteiger partial charge < -0.3 is 31.0 Å². The molecule has 3 aromatic rings. The second kappa shape index (κ2) is 10.6. The van der Waals surface area contributed by atoms with Crippen LogP contribution in [0, 0.1) is 17.6 Å². The summed E-state index contributed by atoms with van der Waals surface area (Å²) < 4.78 is 33.2. The molecule has 1 aliphatic heterocycles. The number of anilines is 1. The molecule has 0 spiro atoms. The van der Waals surface area contributed by atoms with Crippen LogP contribution in [-0.2, 0) is 4.79 Å². The molecule has 0 radical (unpaired) electrons. The van der Waals surface area contributed by atoms with E-state index in [1.54, 1.807) is 4.90 Å². The van der Waals surface area contributed by atoms with Crippen molar-refractivity contribution in [3.05, 3.63) is 64.6 Å². The number of hydrogen-bond donors (Lipinski definition) is 4. The summed E-state index contributed by atoms with van der Waals surface area (Å²) in [5.74, 6) is -3.77. The van der Waals surface area contributed by atoms with Crippen LogP contribution in [0.5, 0.6) is 5.75 Å². The van der Waals surface area contributed by atoms with Gasteiger partial charge in [-0.1, -0.05) is 11.6 Å². The second-order valence-corrected chi connectivity index (χ2v) is 9.99. The van der Waals surface area contributed by atoms with Crippen LogP contribution in [0.1, 0.15) is 33.8 Å². The molecule has 10 nitrogen and oxygen atoms in total. The number of benzene rings is 2. The lowest BCUT2D eigenvalue weighted by molar-refractivity contribution is -0.143. The first-order valence-electron chi connectivity index (χ1n) is 12.2. The van der Waals surface area contributed by atoms with Crippen molar-refractivity contribution in [2.24, 2.45) is 11.7 Å². The molecule has 204 valence electrons. The number of nitrogens with two attached hydrogens (primary N) is 1. The molecule has 1 saturated heterocycles. The smallest absolute Gasteiger partial charge is 0.291 e. The number of nitrogens with zero attached hydrogens (tertiary/aromatic N) is 2. The average Bonchev–Trinajstić information content (AvgIpc) is 3.35. The van der Waals surface area contributed by atoms with Crippen LogP contribution in [0.25, 0.3) is 11.3 Å². The minimum atomic E-state index is -1.16. The standard InChI is InChI=1S/C26H25ClF2N6O4/c1-39-20-5-4-17(21(28)22(20)29)19-9-31-23(34-19)25(37)32-14-2-3-16(18(27)8-14)24(36)33-15-6-12(7-15)26(38)35-10-13(30)11-35/h2-5,8-9,12-13,15H,6-7,10-11,30H2,1H3,(H,31,34)(H,32,37)(H,33,36). The largest absolute Gasteiger partial charge is 0.494 e. The maximum Gasteiger partial charge on any atom is 0.291 e. The minimum Gasteiger partial charge on any atom is -0.494 e. The number of amides is 3. The first kappa shape index (κ1) is 26.6. The Morgan fingerprint density at radius 1 is 1.13 bits per heavy atom. The third-order valence-corrected chi connectivity index (χ3v) is 7.18. The number of ether oxygens (including phenoxy) is 1. The van der Waals surface area contributed by atoms with Gasteiger partial charge in [0.2, 0.25) is 11.7 Å². The molecule has 2 aliphatic rings. The maximum absolute atomic E-state index is 14.4. The van der Waals surface area contributed by atoms with E-state index in [-0.39, 0.29) is 63.2 Å². The SMILES string of the molecule is COc1ccc(-c2cnc(C(=O)Nc3ccc(C(=O)NC4CC(C(=O)N5CC(N)C5)C4)c(Cl)c3)[nH]2)c(F)c1F. The van der Waals surface area contributed by atoms with E-state index >= 15 is 0 Å². The van der Waals surface area contributed by atoms with Crippen molar-refractivity contribution in [3.8, 4) is 17.0 Å². The Balaban J connectivity index is 1.17. The van der Waals surface area contributed by atoms with E-state index in [4.69, 9.17) is 22.1 Å². The van der Waals surface area contributed by atoms with Crippen LogP contribution < -0.4 is 21.1 Å². The van der Waals surface area contributed by atoms with E-state index in [1.165, 1.54) is 43.6 Å². The number of carbonyl (C=O) groups excluding carboxylic acids is 3. The zero-order valence-corrected chi connectivity index (χ0v) is 21.5. The number of carbonyl (C=O) groups is 3. The summed E-state index contributed by atoms with van der Waals surface area (Å²) in [7, 11) is 1.22. The number of imidazole rings is 1. The van der Waals surface area contributed by atoms with E-state index < -0.39 is 17.5 Å². The van der Waals surface area contributed by atoms with Crippen LogP contribution in [0.4, 0.5) is 14.5 Å². The van der Waals surface area contributed by atoms with Crippen molar-refractivity contribution in [2.45, 2.75) is 24.9 Å². The van der Waals surface area contributed by atoms with Crippen LogP contribution in [0.2, 0.25) is 5.02 Å². The van der Waals surface area contributed by atoms with E-state index in [9.17, 15) is 23.2 Å². The van der Waals surface area contributed by atoms with Crippen molar-refractivity contribution >= 4 is 35.0 Å². The fourth-order valence-corrected chi connectivity index (χ4v) is 4.86. The van der Waals surface area contributed by atoms with Gasteiger partial charge in [-0.15, -0.1) is 0 Å². The first-order chi connectivity index (χ1) is 18.6. The fourth-order valence-electron chi connectivity index (χ4n) is 4.59. The van der Waals surface area contributed by atoms with Crippen molar-refractivity contribution in [1.29, 1.82) is 0 Å². The molecule has 3 amide bonds. The van der Waals surface area contributed by atoms with Gasteiger partial charge in [0.25, 0.3) is 11.8 Å². The lowest BCUT2D eigenvalue weighted by Gasteiger charge is -2.43. The summed E-state index contributed by atoms with van der Waals surface area (Å²) in [4.78, 5) is 46.0. The van der Waals surface area contributed by atoms with Gasteiger partial charge in [0, 0.05) is 42.3 Å². The lowest BCUT2D eigenvalue weighted by atomic mass is 9.78. The first-order valence-corrected chi connectivity index (χ1v) is 12.6. The number of hydrogen-bond acceptors (Lipinski definition) is 6. The fraction of sp³-hybridized carbons (Fsp3) is 0.308. The van der Waals surface area contributed by atoms with Gasteiger partial charge in [-0.05, 0) is 43.2 Å². The highest BCUT2D eigenvalue weighted by molar-refractivity contribution is 6.34. The predicted molar refractivity (Wildman–Crippen MR) is 138 cm³/mol. The Kier molecular flexibility index (Phi) is 7.23. The third kappa shape index (κ3) is 5.30. The number of aromatic amines is 1. The number of rotatable bonds is 7. The monoisotopic (exact) mass is 558 g/mol. The summed E-state index contributed by atoms with van der Waals surface area (Å²) in [5, 5.41) is 5.58. The zero-order chi connectivity index (χ0) is 27.8. The predicted octanol–water partition coefficient (Wildman–Crippen LogP) is 2.95. The molecule has 13 heteroatoms. The molecular formula is C26H25ClF2N6O4. The van der Waals surface area contributed by atoms with Crippen LogP contribution >= 0.6 is 11.6 Å². The highest BCUT2D eigenvalue weighted by Gasteiger charge is 2.40. The Labute approximate surface area is 226 Å². The van der Waals surface area contributed by atoms with Gasteiger partial charge in [0.15, 0.2) is 17.4 Å². The van der Waals surface area contributed by atoms with Crippen molar-refractivity contribution in [1.82, 2.24) is 20.2 Å².